The Labute approximate surface area is 162 Å². The average Bonchev–Trinajstić information content (AvgIpc) is 3.03. The Morgan fingerprint density at radius 1 is 1.37 bits per heavy atom. The Kier molecular flexibility index (Phi) is 6.14. The van der Waals surface area contributed by atoms with Gasteiger partial charge in [0.15, 0.2) is 5.82 Å². The largest absolute Gasteiger partial charge is 0.491 e. The topological polar surface area (TPSA) is 99.0 Å². The first-order chi connectivity index (χ1) is 13.0. The Hall–Kier alpha value is -2.79. The van der Waals surface area contributed by atoms with E-state index in [9.17, 15) is 5.26 Å². The van der Waals surface area contributed by atoms with Crippen molar-refractivity contribution in [3.63, 3.8) is 0 Å². The maximum Gasteiger partial charge on any atom is 0.153 e. The molecule has 2 aromatic rings. The van der Waals surface area contributed by atoms with Crippen LogP contribution >= 0.6 is 11.8 Å². The van der Waals surface area contributed by atoms with Crippen LogP contribution < -0.4 is 5.32 Å². The molecule has 140 valence electrons. The molecule has 3 rings (SSSR count). The van der Waals surface area contributed by atoms with E-state index in [4.69, 9.17) is 4.74 Å². The van der Waals surface area contributed by atoms with E-state index in [-0.39, 0.29) is 0 Å². The summed E-state index contributed by atoms with van der Waals surface area (Å²) in [7, 11) is 0. The summed E-state index contributed by atoms with van der Waals surface area (Å²) >= 11 is 1.51. The van der Waals surface area contributed by atoms with Gasteiger partial charge in [-0.25, -0.2) is 4.98 Å². The molecule has 27 heavy (non-hydrogen) atoms. The zero-order valence-corrected chi connectivity index (χ0v) is 16.4. The second-order valence-corrected chi connectivity index (χ2v) is 7.50. The Morgan fingerprint density at radius 2 is 2.22 bits per heavy atom. The van der Waals surface area contributed by atoms with Crippen LogP contribution in [-0.2, 0) is 4.74 Å². The molecule has 0 amide bonds. The lowest BCUT2D eigenvalue weighted by Crippen LogP contribution is -2.08. The molecule has 0 bridgehead atoms. The number of ether oxygens (including phenoxy) is 1. The number of aromatic amines is 1. The summed E-state index contributed by atoms with van der Waals surface area (Å²) in [6.45, 7) is 7.29. The fourth-order valence-corrected chi connectivity index (χ4v) is 3.50. The van der Waals surface area contributed by atoms with E-state index in [0.29, 0.717) is 40.5 Å². The van der Waals surface area contributed by atoms with Crippen LogP contribution in [0.5, 0.6) is 0 Å². The van der Waals surface area contributed by atoms with Gasteiger partial charge < -0.3 is 10.1 Å². The minimum absolute atomic E-state index is 0.403. The standard InChI is InChI=1S/C19H22N6OS/c1-12-6-15(11-21-10-12)26-4-5-27-19-16(9-20)13(2)7-17(23-19)22-18-8-14(3)24-25-18/h6-8,11-12H,4-5,10H2,1-3H3,(H2,22,23,24,25). The molecule has 1 atom stereocenters. The van der Waals surface area contributed by atoms with Crippen molar-refractivity contribution in [3.8, 4) is 6.07 Å². The van der Waals surface area contributed by atoms with Gasteiger partial charge in [-0.3, -0.25) is 10.1 Å². The predicted molar refractivity (Wildman–Crippen MR) is 108 cm³/mol. The minimum Gasteiger partial charge on any atom is -0.491 e. The number of thioether (sulfide) groups is 1. The molecular weight excluding hydrogens is 360 g/mol. The van der Waals surface area contributed by atoms with Crippen LogP contribution in [0.1, 0.15) is 23.7 Å². The lowest BCUT2D eigenvalue weighted by atomic mass is 10.1. The predicted octanol–water partition coefficient (Wildman–Crippen LogP) is 3.75. The molecule has 0 aliphatic carbocycles. The number of nitriles is 1. The Morgan fingerprint density at radius 3 is 2.93 bits per heavy atom. The highest BCUT2D eigenvalue weighted by Crippen LogP contribution is 2.26. The number of hydrogen-bond donors (Lipinski definition) is 2. The van der Waals surface area contributed by atoms with Gasteiger partial charge >= 0.3 is 0 Å². The zero-order valence-electron chi connectivity index (χ0n) is 15.6. The van der Waals surface area contributed by atoms with Crippen LogP contribution in [0.2, 0.25) is 0 Å². The van der Waals surface area contributed by atoms with E-state index in [1.165, 1.54) is 11.8 Å². The van der Waals surface area contributed by atoms with E-state index in [2.05, 4.69) is 44.6 Å². The smallest absolute Gasteiger partial charge is 0.153 e. The van der Waals surface area contributed by atoms with E-state index in [1.54, 1.807) is 6.21 Å². The number of hydrogen-bond acceptors (Lipinski definition) is 7. The van der Waals surface area contributed by atoms with Crippen molar-refractivity contribution in [2.24, 2.45) is 10.9 Å². The number of aliphatic imine (C=N–C) groups is 1. The Balaban J connectivity index is 1.64. The van der Waals surface area contributed by atoms with Gasteiger partial charge in [-0.2, -0.15) is 10.4 Å². The number of dihydropyridines is 1. The second kappa shape index (κ2) is 8.73. The molecule has 0 aromatic carbocycles. The van der Waals surface area contributed by atoms with Gasteiger partial charge in [0, 0.05) is 24.1 Å². The lowest BCUT2D eigenvalue weighted by molar-refractivity contribution is 0.250. The summed E-state index contributed by atoms with van der Waals surface area (Å²) in [5.41, 5.74) is 2.43. The number of allylic oxidation sites excluding steroid dienone is 1. The van der Waals surface area contributed by atoms with Crippen molar-refractivity contribution in [1.82, 2.24) is 15.2 Å². The third-order valence-electron chi connectivity index (χ3n) is 3.91. The molecule has 0 spiro atoms. The lowest BCUT2D eigenvalue weighted by Gasteiger charge is -2.13. The summed E-state index contributed by atoms with van der Waals surface area (Å²) in [5.74, 6) is 3.26. The maximum atomic E-state index is 9.47. The van der Waals surface area contributed by atoms with Gasteiger partial charge in [0.2, 0.25) is 0 Å². The molecule has 0 saturated heterocycles. The molecule has 3 heterocycles. The number of rotatable bonds is 7. The molecule has 2 aromatic heterocycles. The summed E-state index contributed by atoms with van der Waals surface area (Å²) < 4.78 is 5.76. The summed E-state index contributed by atoms with van der Waals surface area (Å²) in [4.78, 5) is 8.86. The van der Waals surface area contributed by atoms with Crippen LogP contribution in [-0.4, -0.2) is 40.3 Å². The third kappa shape index (κ3) is 5.11. The van der Waals surface area contributed by atoms with Crippen LogP contribution in [0.15, 0.2) is 34.0 Å². The monoisotopic (exact) mass is 382 g/mol. The molecule has 1 unspecified atom stereocenters. The zero-order chi connectivity index (χ0) is 19.2. The van der Waals surface area contributed by atoms with Crippen molar-refractivity contribution in [2.45, 2.75) is 25.8 Å². The molecule has 0 saturated carbocycles. The minimum atomic E-state index is 0.403. The van der Waals surface area contributed by atoms with Gasteiger partial charge in [-0.05, 0) is 37.5 Å². The van der Waals surface area contributed by atoms with Crippen molar-refractivity contribution < 1.29 is 4.74 Å². The van der Waals surface area contributed by atoms with Gasteiger partial charge in [0.05, 0.1) is 18.4 Å². The van der Waals surface area contributed by atoms with Gasteiger partial charge in [-0.15, -0.1) is 11.8 Å². The number of H-pyrrole nitrogens is 1. The number of nitrogens with zero attached hydrogens (tertiary/aromatic N) is 4. The average molecular weight is 382 g/mol. The summed E-state index contributed by atoms with van der Waals surface area (Å²) in [6.07, 6.45) is 3.85. The number of aryl methyl sites for hydroxylation is 2. The number of nitrogens with one attached hydrogen (secondary N) is 2. The quantitative estimate of drug-likeness (QED) is 0.559. The summed E-state index contributed by atoms with van der Waals surface area (Å²) in [5, 5.41) is 20.4. The molecule has 1 aliphatic heterocycles. The molecule has 0 radical (unpaired) electrons. The van der Waals surface area contributed by atoms with Crippen molar-refractivity contribution in [3.05, 3.63) is 40.8 Å². The van der Waals surface area contributed by atoms with Crippen LogP contribution in [0, 0.1) is 31.1 Å². The van der Waals surface area contributed by atoms with Crippen molar-refractivity contribution in [2.75, 3.05) is 24.2 Å². The molecule has 2 N–H and O–H groups in total. The fourth-order valence-electron chi connectivity index (χ4n) is 2.63. The van der Waals surface area contributed by atoms with E-state index in [1.807, 2.05) is 26.0 Å². The summed E-state index contributed by atoms with van der Waals surface area (Å²) in [6, 6.07) is 6.00. The van der Waals surface area contributed by atoms with Crippen LogP contribution in [0.25, 0.3) is 0 Å². The number of aromatic nitrogens is 3. The second-order valence-electron chi connectivity index (χ2n) is 6.42. The van der Waals surface area contributed by atoms with E-state index < -0.39 is 0 Å². The Bertz CT molecular complexity index is 911. The molecule has 8 heteroatoms. The van der Waals surface area contributed by atoms with Crippen molar-refractivity contribution >= 4 is 29.6 Å². The number of pyridine rings is 1. The van der Waals surface area contributed by atoms with Gasteiger partial charge in [0.1, 0.15) is 22.7 Å². The van der Waals surface area contributed by atoms with Crippen LogP contribution in [0.4, 0.5) is 11.6 Å². The highest BCUT2D eigenvalue weighted by Gasteiger charge is 2.12. The first-order valence-corrected chi connectivity index (χ1v) is 9.71. The highest BCUT2D eigenvalue weighted by molar-refractivity contribution is 7.99. The molecule has 7 nitrogen and oxygen atoms in total. The van der Waals surface area contributed by atoms with Crippen LogP contribution in [0.3, 0.4) is 0 Å². The normalized spacial score (nSPS) is 15.9. The van der Waals surface area contributed by atoms with Gasteiger partial charge in [-0.1, -0.05) is 6.92 Å². The maximum absolute atomic E-state index is 9.47. The van der Waals surface area contributed by atoms with E-state index >= 15 is 0 Å². The van der Waals surface area contributed by atoms with E-state index in [0.717, 1.165) is 23.6 Å². The highest BCUT2D eigenvalue weighted by atomic mass is 32.2. The number of anilines is 2. The van der Waals surface area contributed by atoms with Gasteiger partial charge in [0.25, 0.3) is 0 Å². The first-order valence-electron chi connectivity index (χ1n) is 8.73. The third-order valence-corrected chi connectivity index (χ3v) is 4.85. The van der Waals surface area contributed by atoms with Crippen molar-refractivity contribution in [1.29, 1.82) is 5.26 Å². The SMILES string of the molecule is Cc1cc(Nc2cc(C)c(C#N)c(SCCOC3=CC(C)CN=C3)n2)n[nH]1. The molecular formula is C19H22N6OS. The molecule has 1 aliphatic rings. The first kappa shape index (κ1) is 19.0. The fraction of sp³-hybridized carbons (Fsp3) is 0.368. The molecule has 0 fully saturated rings.